The highest BCUT2D eigenvalue weighted by atomic mass is 16.5. The number of rotatable bonds is 1. The van der Waals surface area contributed by atoms with Crippen LogP contribution in [-0.2, 0) is 4.74 Å². The highest BCUT2D eigenvalue weighted by Gasteiger charge is 2.47. The first-order chi connectivity index (χ1) is 6.28. The van der Waals surface area contributed by atoms with Gasteiger partial charge in [0.1, 0.15) is 0 Å². The SMILES string of the molecule is CNC1C(C)OCC12CCNCC2. The van der Waals surface area contributed by atoms with Crippen molar-refractivity contribution in [1.29, 1.82) is 0 Å². The minimum Gasteiger partial charge on any atom is -0.376 e. The molecule has 0 aromatic rings. The Morgan fingerprint density at radius 2 is 2.08 bits per heavy atom. The molecule has 13 heavy (non-hydrogen) atoms. The average Bonchev–Trinajstić information content (AvgIpc) is 2.45. The van der Waals surface area contributed by atoms with Crippen molar-refractivity contribution in [2.24, 2.45) is 5.41 Å². The number of ether oxygens (including phenoxy) is 1. The summed E-state index contributed by atoms with van der Waals surface area (Å²) in [5, 5.41) is 6.83. The van der Waals surface area contributed by atoms with Gasteiger partial charge in [-0.1, -0.05) is 0 Å². The molecule has 3 nitrogen and oxygen atoms in total. The van der Waals surface area contributed by atoms with Crippen LogP contribution < -0.4 is 10.6 Å². The molecule has 0 radical (unpaired) electrons. The number of piperidine rings is 1. The summed E-state index contributed by atoms with van der Waals surface area (Å²) < 4.78 is 5.76. The van der Waals surface area contributed by atoms with Gasteiger partial charge >= 0.3 is 0 Å². The van der Waals surface area contributed by atoms with Crippen LogP contribution >= 0.6 is 0 Å². The van der Waals surface area contributed by atoms with Gasteiger partial charge in [-0.05, 0) is 39.9 Å². The molecule has 0 aromatic carbocycles. The fourth-order valence-corrected chi connectivity index (χ4v) is 2.90. The third-order valence-electron chi connectivity index (χ3n) is 3.67. The van der Waals surface area contributed by atoms with Gasteiger partial charge < -0.3 is 15.4 Å². The van der Waals surface area contributed by atoms with Crippen molar-refractivity contribution in [1.82, 2.24) is 10.6 Å². The molecule has 2 rings (SSSR count). The molecule has 2 fully saturated rings. The summed E-state index contributed by atoms with van der Waals surface area (Å²) in [5.41, 5.74) is 0.416. The third-order valence-corrected chi connectivity index (χ3v) is 3.67. The van der Waals surface area contributed by atoms with Crippen LogP contribution in [0.4, 0.5) is 0 Å². The molecule has 1 spiro atoms. The third kappa shape index (κ3) is 1.49. The highest BCUT2D eigenvalue weighted by molar-refractivity contribution is 5.00. The maximum absolute atomic E-state index is 5.76. The Hall–Kier alpha value is -0.120. The molecule has 2 saturated heterocycles. The van der Waals surface area contributed by atoms with Gasteiger partial charge in [0, 0.05) is 11.5 Å². The quantitative estimate of drug-likeness (QED) is 0.617. The first-order valence-electron chi connectivity index (χ1n) is 5.28. The van der Waals surface area contributed by atoms with E-state index in [1.807, 2.05) is 0 Å². The van der Waals surface area contributed by atoms with E-state index in [0.717, 1.165) is 19.7 Å². The molecular weight excluding hydrogens is 164 g/mol. The first kappa shape index (κ1) is 9.44. The molecule has 2 aliphatic heterocycles. The molecular formula is C10H20N2O. The van der Waals surface area contributed by atoms with E-state index in [1.165, 1.54) is 12.8 Å². The summed E-state index contributed by atoms with van der Waals surface area (Å²) in [4.78, 5) is 0. The highest BCUT2D eigenvalue weighted by Crippen LogP contribution is 2.40. The summed E-state index contributed by atoms with van der Waals surface area (Å²) in [6, 6.07) is 0.551. The molecule has 3 heteroatoms. The van der Waals surface area contributed by atoms with Crippen LogP contribution in [-0.4, -0.2) is 38.9 Å². The van der Waals surface area contributed by atoms with Crippen molar-refractivity contribution in [3.05, 3.63) is 0 Å². The lowest BCUT2D eigenvalue weighted by atomic mass is 9.73. The van der Waals surface area contributed by atoms with Gasteiger partial charge in [0.05, 0.1) is 12.7 Å². The molecule has 2 atom stereocenters. The van der Waals surface area contributed by atoms with Crippen LogP contribution in [0.1, 0.15) is 19.8 Å². The van der Waals surface area contributed by atoms with Crippen molar-refractivity contribution in [3.63, 3.8) is 0 Å². The topological polar surface area (TPSA) is 33.3 Å². The second-order valence-corrected chi connectivity index (χ2v) is 4.39. The van der Waals surface area contributed by atoms with Crippen molar-refractivity contribution in [2.75, 3.05) is 26.7 Å². The van der Waals surface area contributed by atoms with E-state index in [9.17, 15) is 0 Å². The molecule has 2 heterocycles. The van der Waals surface area contributed by atoms with Crippen molar-refractivity contribution in [3.8, 4) is 0 Å². The van der Waals surface area contributed by atoms with Crippen LogP contribution in [0.5, 0.6) is 0 Å². The molecule has 0 aromatic heterocycles. The van der Waals surface area contributed by atoms with Crippen LogP contribution in [0, 0.1) is 5.41 Å². The minimum absolute atomic E-state index is 0.378. The lowest BCUT2D eigenvalue weighted by molar-refractivity contribution is 0.0951. The second kappa shape index (κ2) is 3.56. The van der Waals surface area contributed by atoms with E-state index in [-0.39, 0.29) is 0 Å². The number of hydrogen-bond acceptors (Lipinski definition) is 3. The van der Waals surface area contributed by atoms with Crippen LogP contribution in [0.3, 0.4) is 0 Å². The predicted octanol–water partition coefficient (Wildman–Crippen LogP) is 0.363. The van der Waals surface area contributed by atoms with Gasteiger partial charge in [-0.3, -0.25) is 0 Å². The van der Waals surface area contributed by atoms with Gasteiger partial charge in [-0.2, -0.15) is 0 Å². The molecule has 2 N–H and O–H groups in total. The lowest BCUT2D eigenvalue weighted by Crippen LogP contribution is -2.50. The van der Waals surface area contributed by atoms with Crippen molar-refractivity contribution < 1.29 is 4.74 Å². The Morgan fingerprint density at radius 3 is 2.69 bits per heavy atom. The van der Waals surface area contributed by atoms with E-state index >= 15 is 0 Å². The number of nitrogens with one attached hydrogen (secondary N) is 2. The molecule has 0 bridgehead atoms. The maximum atomic E-state index is 5.76. The smallest absolute Gasteiger partial charge is 0.0706 e. The fraction of sp³-hybridized carbons (Fsp3) is 1.00. The van der Waals surface area contributed by atoms with Gasteiger partial charge in [0.2, 0.25) is 0 Å². The largest absolute Gasteiger partial charge is 0.376 e. The van der Waals surface area contributed by atoms with Crippen molar-refractivity contribution in [2.45, 2.75) is 31.9 Å². The second-order valence-electron chi connectivity index (χ2n) is 4.39. The Morgan fingerprint density at radius 1 is 1.38 bits per heavy atom. The van der Waals surface area contributed by atoms with Gasteiger partial charge in [-0.15, -0.1) is 0 Å². The summed E-state index contributed by atoms with van der Waals surface area (Å²) in [7, 11) is 2.06. The van der Waals surface area contributed by atoms with Crippen molar-refractivity contribution >= 4 is 0 Å². The normalized spacial score (nSPS) is 38.3. The van der Waals surface area contributed by atoms with E-state index in [1.54, 1.807) is 0 Å². The number of likely N-dealkylation sites (N-methyl/N-ethyl adjacent to an activating group) is 1. The monoisotopic (exact) mass is 184 g/mol. The molecule has 2 aliphatic rings. The fourth-order valence-electron chi connectivity index (χ4n) is 2.90. The first-order valence-corrected chi connectivity index (χ1v) is 5.28. The Bertz CT molecular complexity index is 172. The summed E-state index contributed by atoms with van der Waals surface area (Å²) in [6.45, 7) is 5.42. The average molecular weight is 184 g/mol. The van der Waals surface area contributed by atoms with Crippen LogP contribution in [0.2, 0.25) is 0 Å². The molecule has 0 saturated carbocycles. The van der Waals surface area contributed by atoms with E-state index in [2.05, 4.69) is 24.6 Å². The summed E-state index contributed by atoms with van der Waals surface area (Å²) in [5.74, 6) is 0. The predicted molar refractivity (Wildman–Crippen MR) is 52.8 cm³/mol. The van der Waals surface area contributed by atoms with Crippen LogP contribution in [0.25, 0.3) is 0 Å². The molecule has 2 unspecified atom stereocenters. The lowest BCUT2D eigenvalue weighted by Gasteiger charge is -2.38. The Labute approximate surface area is 80.2 Å². The van der Waals surface area contributed by atoms with E-state index in [4.69, 9.17) is 4.74 Å². The van der Waals surface area contributed by atoms with E-state index in [0.29, 0.717) is 17.6 Å². The zero-order valence-corrected chi connectivity index (χ0v) is 8.60. The van der Waals surface area contributed by atoms with Crippen LogP contribution in [0.15, 0.2) is 0 Å². The Balaban J connectivity index is 2.11. The molecule has 76 valence electrons. The zero-order chi connectivity index (χ0) is 9.31. The number of hydrogen-bond donors (Lipinski definition) is 2. The minimum atomic E-state index is 0.378. The zero-order valence-electron chi connectivity index (χ0n) is 8.60. The van der Waals surface area contributed by atoms with Gasteiger partial charge in [0.25, 0.3) is 0 Å². The van der Waals surface area contributed by atoms with Gasteiger partial charge in [-0.25, -0.2) is 0 Å². The maximum Gasteiger partial charge on any atom is 0.0706 e. The molecule has 0 aliphatic carbocycles. The van der Waals surface area contributed by atoms with Gasteiger partial charge in [0.15, 0.2) is 0 Å². The summed E-state index contributed by atoms with van der Waals surface area (Å²) >= 11 is 0. The Kier molecular flexibility index (Phi) is 2.58. The summed E-state index contributed by atoms with van der Waals surface area (Å²) in [6.07, 6.45) is 2.88. The standard InChI is InChI=1S/C10H20N2O/c1-8-9(11-2)10(7-13-8)3-5-12-6-4-10/h8-9,11-12H,3-7H2,1-2H3. The molecule has 0 amide bonds. The van der Waals surface area contributed by atoms with E-state index < -0.39 is 0 Å².